The molecule has 4 heteroatoms. The number of nitrogens with zero attached hydrogens (tertiary/aromatic N) is 2. The van der Waals surface area contributed by atoms with Crippen LogP contribution in [0, 0.1) is 0 Å². The molecule has 0 N–H and O–H groups in total. The fourth-order valence-electron chi connectivity index (χ4n) is 2.95. The lowest BCUT2D eigenvalue weighted by Crippen LogP contribution is -2.41. The van der Waals surface area contributed by atoms with Gasteiger partial charge in [-0.15, -0.1) is 0 Å². The largest absolute Gasteiger partial charge is 0.469 e. The van der Waals surface area contributed by atoms with Gasteiger partial charge in [-0.3, -0.25) is 9.69 Å². The molecule has 4 nitrogen and oxygen atoms in total. The summed E-state index contributed by atoms with van der Waals surface area (Å²) >= 11 is 0. The molecule has 0 spiro atoms. The molecule has 1 atom stereocenters. The normalized spacial score (nSPS) is 27.2. The summed E-state index contributed by atoms with van der Waals surface area (Å²) in [7, 11) is 1.46. The van der Waals surface area contributed by atoms with Gasteiger partial charge in [0.25, 0.3) is 0 Å². The number of hydrogen-bond donors (Lipinski definition) is 0. The second-order valence-corrected chi connectivity index (χ2v) is 5.17. The SMILES string of the molecule is COC(=O)CCN1CCC(N2CCCCC2)C1. The zero-order valence-corrected chi connectivity index (χ0v) is 10.9. The summed E-state index contributed by atoms with van der Waals surface area (Å²) in [6.45, 7) is 5.68. The van der Waals surface area contributed by atoms with Gasteiger partial charge >= 0.3 is 5.97 Å². The number of hydrogen-bond acceptors (Lipinski definition) is 4. The van der Waals surface area contributed by atoms with Gasteiger partial charge in [0.1, 0.15) is 0 Å². The zero-order valence-electron chi connectivity index (χ0n) is 10.9. The quantitative estimate of drug-likeness (QED) is 0.689. The Kier molecular flexibility index (Phi) is 4.80. The molecule has 0 aromatic rings. The minimum atomic E-state index is -0.0913. The molecule has 0 bridgehead atoms. The van der Waals surface area contributed by atoms with Crippen molar-refractivity contribution in [3.8, 4) is 0 Å². The maximum atomic E-state index is 11.1. The van der Waals surface area contributed by atoms with Crippen molar-refractivity contribution < 1.29 is 9.53 Å². The van der Waals surface area contributed by atoms with Crippen molar-refractivity contribution in [3.63, 3.8) is 0 Å². The third-order valence-electron chi connectivity index (χ3n) is 4.01. The third-order valence-corrected chi connectivity index (χ3v) is 4.01. The van der Waals surface area contributed by atoms with Crippen LogP contribution in [0.4, 0.5) is 0 Å². The van der Waals surface area contributed by atoms with Gasteiger partial charge in [0, 0.05) is 19.1 Å². The minimum Gasteiger partial charge on any atom is -0.469 e. The Morgan fingerprint density at radius 1 is 1.24 bits per heavy atom. The fraction of sp³-hybridized carbons (Fsp3) is 0.923. The number of ether oxygens (including phenoxy) is 1. The van der Waals surface area contributed by atoms with Crippen LogP contribution in [0.1, 0.15) is 32.1 Å². The lowest BCUT2D eigenvalue weighted by molar-refractivity contribution is -0.140. The number of esters is 1. The van der Waals surface area contributed by atoms with Gasteiger partial charge in [0.2, 0.25) is 0 Å². The molecule has 2 fully saturated rings. The van der Waals surface area contributed by atoms with Crippen LogP contribution in [0.15, 0.2) is 0 Å². The van der Waals surface area contributed by atoms with Crippen LogP contribution in [-0.4, -0.2) is 61.6 Å². The molecule has 0 aromatic carbocycles. The lowest BCUT2D eigenvalue weighted by Gasteiger charge is -2.32. The van der Waals surface area contributed by atoms with Crippen LogP contribution in [0.2, 0.25) is 0 Å². The van der Waals surface area contributed by atoms with Crippen LogP contribution >= 0.6 is 0 Å². The molecule has 0 radical (unpaired) electrons. The van der Waals surface area contributed by atoms with Gasteiger partial charge in [-0.1, -0.05) is 6.42 Å². The first-order valence-electron chi connectivity index (χ1n) is 6.83. The van der Waals surface area contributed by atoms with Gasteiger partial charge in [0.15, 0.2) is 0 Å². The Labute approximate surface area is 104 Å². The van der Waals surface area contributed by atoms with Crippen molar-refractivity contribution in [2.75, 3.05) is 39.8 Å². The maximum absolute atomic E-state index is 11.1. The molecule has 0 aromatic heterocycles. The highest BCUT2D eigenvalue weighted by atomic mass is 16.5. The molecule has 98 valence electrons. The Morgan fingerprint density at radius 2 is 2.00 bits per heavy atom. The van der Waals surface area contributed by atoms with Gasteiger partial charge in [-0.2, -0.15) is 0 Å². The molecule has 0 amide bonds. The molecule has 17 heavy (non-hydrogen) atoms. The van der Waals surface area contributed by atoms with Gasteiger partial charge in [-0.25, -0.2) is 0 Å². The van der Waals surface area contributed by atoms with Crippen molar-refractivity contribution >= 4 is 5.97 Å². The summed E-state index contributed by atoms with van der Waals surface area (Å²) in [5.41, 5.74) is 0. The summed E-state index contributed by atoms with van der Waals surface area (Å²) in [6, 6.07) is 0.730. The van der Waals surface area contributed by atoms with E-state index >= 15 is 0 Å². The summed E-state index contributed by atoms with van der Waals surface area (Å²) in [4.78, 5) is 16.1. The molecule has 1 unspecified atom stereocenters. The Balaban J connectivity index is 1.69. The predicted octanol–water partition coefficient (Wildman–Crippen LogP) is 1.11. The lowest BCUT2D eigenvalue weighted by atomic mass is 10.1. The van der Waals surface area contributed by atoms with E-state index in [0.717, 1.165) is 25.7 Å². The number of rotatable bonds is 4. The topological polar surface area (TPSA) is 32.8 Å². The summed E-state index contributed by atoms with van der Waals surface area (Å²) in [5, 5.41) is 0. The Bertz CT molecular complexity index is 252. The Hall–Kier alpha value is -0.610. The van der Waals surface area contributed by atoms with Crippen molar-refractivity contribution in [1.29, 1.82) is 0 Å². The molecule has 2 heterocycles. The predicted molar refractivity (Wildman–Crippen MR) is 66.9 cm³/mol. The monoisotopic (exact) mass is 240 g/mol. The molecule has 2 saturated heterocycles. The average molecular weight is 240 g/mol. The number of carbonyl (C=O) groups excluding carboxylic acids is 1. The van der Waals surface area contributed by atoms with E-state index in [2.05, 4.69) is 14.5 Å². The van der Waals surface area contributed by atoms with Crippen LogP contribution in [0.3, 0.4) is 0 Å². The van der Waals surface area contributed by atoms with E-state index < -0.39 is 0 Å². The van der Waals surface area contributed by atoms with Crippen molar-refractivity contribution in [2.45, 2.75) is 38.1 Å². The molecule has 2 aliphatic heterocycles. The highest BCUT2D eigenvalue weighted by Gasteiger charge is 2.28. The molecule has 2 aliphatic rings. The Morgan fingerprint density at radius 3 is 2.71 bits per heavy atom. The molecule has 2 rings (SSSR count). The summed E-state index contributed by atoms with van der Waals surface area (Å²) < 4.78 is 4.68. The second kappa shape index (κ2) is 6.36. The molecule has 0 saturated carbocycles. The van der Waals surface area contributed by atoms with E-state index in [0.29, 0.717) is 6.42 Å². The first kappa shape index (κ1) is 12.8. The van der Waals surface area contributed by atoms with Gasteiger partial charge in [-0.05, 0) is 38.9 Å². The van der Waals surface area contributed by atoms with Crippen LogP contribution in [-0.2, 0) is 9.53 Å². The maximum Gasteiger partial charge on any atom is 0.306 e. The fourth-order valence-corrected chi connectivity index (χ4v) is 2.95. The van der Waals surface area contributed by atoms with E-state index in [9.17, 15) is 4.79 Å². The number of likely N-dealkylation sites (tertiary alicyclic amines) is 2. The third kappa shape index (κ3) is 3.68. The summed E-state index contributed by atoms with van der Waals surface area (Å²) in [5.74, 6) is -0.0913. The first-order valence-corrected chi connectivity index (χ1v) is 6.83. The van der Waals surface area contributed by atoms with Crippen molar-refractivity contribution in [1.82, 2.24) is 9.80 Å². The van der Waals surface area contributed by atoms with Crippen molar-refractivity contribution in [2.24, 2.45) is 0 Å². The molecule has 0 aliphatic carbocycles. The number of piperidine rings is 1. The zero-order chi connectivity index (χ0) is 12.1. The van der Waals surface area contributed by atoms with Gasteiger partial charge in [0.05, 0.1) is 13.5 Å². The smallest absolute Gasteiger partial charge is 0.306 e. The highest BCUT2D eigenvalue weighted by Crippen LogP contribution is 2.20. The van der Waals surface area contributed by atoms with Crippen LogP contribution < -0.4 is 0 Å². The first-order chi connectivity index (χ1) is 8.29. The standard InChI is InChI=1S/C13H24N2O2/c1-17-13(16)6-10-14-9-5-12(11-14)15-7-3-2-4-8-15/h12H,2-11H2,1H3. The molecular formula is C13H24N2O2. The number of methoxy groups -OCH3 is 1. The minimum absolute atomic E-state index is 0.0913. The van der Waals surface area contributed by atoms with Gasteiger partial charge < -0.3 is 9.64 Å². The average Bonchev–Trinajstić information content (AvgIpc) is 2.86. The van der Waals surface area contributed by atoms with E-state index in [1.54, 1.807) is 0 Å². The van der Waals surface area contributed by atoms with Crippen LogP contribution in [0.25, 0.3) is 0 Å². The number of carbonyl (C=O) groups is 1. The van der Waals surface area contributed by atoms with E-state index in [-0.39, 0.29) is 5.97 Å². The summed E-state index contributed by atoms with van der Waals surface area (Å²) in [6.07, 6.45) is 5.91. The van der Waals surface area contributed by atoms with E-state index in [1.807, 2.05) is 0 Å². The van der Waals surface area contributed by atoms with Crippen molar-refractivity contribution in [3.05, 3.63) is 0 Å². The van der Waals surface area contributed by atoms with E-state index in [1.165, 1.54) is 45.9 Å². The highest BCUT2D eigenvalue weighted by molar-refractivity contribution is 5.69. The van der Waals surface area contributed by atoms with Crippen LogP contribution in [0.5, 0.6) is 0 Å². The second-order valence-electron chi connectivity index (χ2n) is 5.17. The molecular weight excluding hydrogens is 216 g/mol. The van der Waals surface area contributed by atoms with E-state index in [4.69, 9.17) is 0 Å².